The average molecular weight is 365 g/mol. The highest BCUT2D eigenvalue weighted by molar-refractivity contribution is 5.95. The largest absolute Gasteiger partial charge is 0.497 e. The van der Waals surface area contributed by atoms with E-state index in [4.69, 9.17) is 9.47 Å². The molecule has 8 nitrogen and oxygen atoms in total. The fourth-order valence-electron chi connectivity index (χ4n) is 3.22. The second-order valence-electron chi connectivity index (χ2n) is 6.32. The van der Waals surface area contributed by atoms with E-state index in [1.54, 1.807) is 17.9 Å². The number of nitrogens with zero attached hydrogens (tertiary/aromatic N) is 4. The Labute approximate surface area is 156 Å². The minimum absolute atomic E-state index is 0.129. The van der Waals surface area contributed by atoms with Crippen molar-refractivity contribution in [1.29, 1.82) is 0 Å². The van der Waals surface area contributed by atoms with E-state index < -0.39 is 0 Å². The van der Waals surface area contributed by atoms with Gasteiger partial charge in [0.15, 0.2) is 0 Å². The summed E-state index contributed by atoms with van der Waals surface area (Å²) in [7, 11) is 1.62. The number of carbonyl (C=O) groups is 1. The van der Waals surface area contributed by atoms with Gasteiger partial charge in [-0.1, -0.05) is 0 Å². The lowest BCUT2D eigenvalue weighted by Gasteiger charge is -2.27. The molecular weight excluding hydrogens is 346 g/mol. The van der Waals surface area contributed by atoms with Crippen LogP contribution < -0.4 is 14.8 Å². The number of benzene rings is 2. The summed E-state index contributed by atoms with van der Waals surface area (Å²) in [4.78, 5) is 12.8. The molecule has 1 aliphatic heterocycles. The van der Waals surface area contributed by atoms with Gasteiger partial charge in [0, 0.05) is 17.5 Å². The normalized spacial score (nSPS) is 15.6. The van der Waals surface area contributed by atoms with Crippen LogP contribution in [0.15, 0.2) is 42.7 Å². The van der Waals surface area contributed by atoms with Crippen molar-refractivity contribution in [2.24, 2.45) is 0 Å². The molecule has 0 saturated carbocycles. The van der Waals surface area contributed by atoms with Gasteiger partial charge in [-0.2, -0.15) is 0 Å². The van der Waals surface area contributed by atoms with Crippen LogP contribution in [-0.2, 0) is 0 Å². The summed E-state index contributed by atoms with van der Waals surface area (Å²) >= 11 is 0. The standard InChI is InChI=1S/C19H19N5O3/c1-12-9-13(3-5-17(12)24-11-20-22-23-24)19(25)21-16-7-8-27-18-6-4-14(26-2)10-15(16)18/h3-6,9-11,16H,7-8H2,1-2H3,(H,21,25)/t16-/m0/s1. The number of tetrazole rings is 1. The molecule has 2 aromatic carbocycles. The lowest BCUT2D eigenvalue weighted by atomic mass is 9.99. The van der Waals surface area contributed by atoms with Crippen molar-refractivity contribution in [2.45, 2.75) is 19.4 Å². The van der Waals surface area contributed by atoms with Crippen LogP contribution in [0.4, 0.5) is 0 Å². The Hall–Kier alpha value is -3.42. The zero-order valence-corrected chi connectivity index (χ0v) is 15.0. The van der Waals surface area contributed by atoms with Crippen LogP contribution in [0.3, 0.4) is 0 Å². The fourth-order valence-corrected chi connectivity index (χ4v) is 3.22. The molecule has 0 bridgehead atoms. The van der Waals surface area contributed by atoms with Gasteiger partial charge in [0.25, 0.3) is 5.91 Å². The second-order valence-corrected chi connectivity index (χ2v) is 6.32. The molecule has 0 unspecified atom stereocenters. The predicted molar refractivity (Wildman–Crippen MR) is 97.2 cm³/mol. The molecule has 0 fully saturated rings. The first-order chi connectivity index (χ1) is 13.2. The molecule has 1 aliphatic rings. The third kappa shape index (κ3) is 3.33. The van der Waals surface area contributed by atoms with Crippen molar-refractivity contribution in [1.82, 2.24) is 25.5 Å². The van der Waals surface area contributed by atoms with E-state index in [1.807, 2.05) is 37.3 Å². The van der Waals surface area contributed by atoms with Gasteiger partial charge >= 0.3 is 0 Å². The van der Waals surface area contributed by atoms with Crippen molar-refractivity contribution in [2.75, 3.05) is 13.7 Å². The number of ether oxygens (including phenoxy) is 2. The van der Waals surface area contributed by atoms with Crippen LogP contribution in [0.5, 0.6) is 11.5 Å². The Kier molecular flexibility index (Phi) is 4.45. The molecule has 0 aliphatic carbocycles. The number of amides is 1. The molecule has 2 heterocycles. The number of hydrogen-bond donors (Lipinski definition) is 1. The van der Waals surface area contributed by atoms with Gasteiger partial charge in [-0.15, -0.1) is 5.10 Å². The lowest BCUT2D eigenvalue weighted by Crippen LogP contribution is -2.32. The topological polar surface area (TPSA) is 91.2 Å². The Morgan fingerprint density at radius 2 is 2.19 bits per heavy atom. The Morgan fingerprint density at radius 1 is 1.30 bits per heavy atom. The first-order valence-corrected chi connectivity index (χ1v) is 8.61. The molecule has 1 amide bonds. The number of fused-ring (bicyclic) bond motifs is 1. The number of methoxy groups -OCH3 is 1. The van der Waals surface area contributed by atoms with Gasteiger partial charge in [-0.05, 0) is 59.3 Å². The summed E-state index contributed by atoms with van der Waals surface area (Å²) in [6, 6.07) is 10.9. The van der Waals surface area contributed by atoms with Gasteiger partial charge in [0.2, 0.25) is 0 Å². The van der Waals surface area contributed by atoms with Crippen LogP contribution in [0.1, 0.15) is 33.9 Å². The highest BCUT2D eigenvalue weighted by Gasteiger charge is 2.24. The maximum absolute atomic E-state index is 12.8. The molecule has 3 aromatic rings. The first-order valence-electron chi connectivity index (χ1n) is 8.61. The van der Waals surface area contributed by atoms with Crippen LogP contribution in [0.25, 0.3) is 5.69 Å². The minimum atomic E-state index is -0.137. The van der Waals surface area contributed by atoms with Gasteiger partial charge in [0.1, 0.15) is 17.8 Å². The highest BCUT2D eigenvalue weighted by atomic mass is 16.5. The maximum atomic E-state index is 12.8. The third-order valence-corrected chi connectivity index (χ3v) is 4.62. The van der Waals surface area contributed by atoms with Crippen LogP contribution in [0.2, 0.25) is 0 Å². The van der Waals surface area contributed by atoms with Gasteiger partial charge in [-0.3, -0.25) is 4.79 Å². The van der Waals surface area contributed by atoms with Crippen molar-refractivity contribution >= 4 is 5.91 Å². The summed E-state index contributed by atoms with van der Waals surface area (Å²) in [6.07, 6.45) is 2.22. The third-order valence-electron chi connectivity index (χ3n) is 4.62. The predicted octanol–water partition coefficient (Wildman–Crippen LogP) is 2.23. The first kappa shape index (κ1) is 17.0. The van der Waals surface area contributed by atoms with Gasteiger partial charge in [-0.25, -0.2) is 4.68 Å². The molecule has 1 aromatic heterocycles. The fraction of sp³-hybridized carbons (Fsp3) is 0.263. The van der Waals surface area contributed by atoms with E-state index in [1.165, 1.54) is 6.33 Å². The van der Waals surface area contributed by atoms with E-state index in [9.17, 15) is 4.79 Å². The smallest absolute Gasteiger partial charge is 0.251 e. The summed E-state index contributed by atoms with van der Waals surface area (Å²) in [5.41, 5.74) is 3.25. The monoisotopic (exact) mass is 365 g/mol. The van der Waals surface area contributed by atoms with E-state index in [0.29, 0.717) is 18.6 Å². The summed E-state index contributed by atoms with van der Waals surface area (Å²) in [5.74, 6) is 1.37. The number of nitrogens with one attached hydrogen (secondary N) is 1. The Balaban J connectivity index is 1.56. The molecule has 0 radical (unpaired) electrons. The van der Waals surface area contributed by atoms with Gasteiger partial charge < -0.3 is 14.8 Å². The number of rotatable bonds is 4. The lowest BCUT2D eigenvalue weighted by molar-refractivity contribution is 0.0924. The Morgan fingerprint density at radius 3 is 2.93 bits per heavy atom. The number of aryl methyl sites for hydroxylation is 1. The van der Waals surface area contributed by atoms with Gasteiger partial charge in [0.05, 0.1) is 25.4 Å². The average Bonchev–Trinajstić information content (AvgIpc) is 3.22. The zero-order chi connectivity index (χ0) is 18.8. The molecule has 138 valence electrons. The second kappa shape index (κ2) is 7.06. The Bertz CT molecular complexity index is 971. The summed E-state index contributed by atoms with van der Waals surface area (Å²) in [5, 5.41) is 14.3. The molecule has 27 heavy (non-hydrogen) atoms. The molecule has 1 atom stereocenters. The molecule has 0 spiro atoms. The molecule has 0 saturated heterocycles. The molecule has 4 rings (SSSR count). The highest BCUT2D eigenvalue weighted by Crippen LogP contribution is 2.35. The van der Waals surface area contributed by atoms with E-state index >= 15 is 0 Å². The zero-order valence-electron chi connectivity index (χ0n) is 15.0. The van der Waals surface area contributed by atoms with Crippen LogP contribution in [-0.4, -0.2) is 39.8 Å². The minimum Gasteiger partial charge on any atom is -0.497 e. The number of hydrogen-bond acceptors (Lipinski definition) is 6. The van der Waals surface area contributed by atoms with Crippen molar-refractivity contribution in [3.05, 3.63) is 59.4 Å². The maximum Gasteiger partial charge on any atom is 0.251 e. The molecule has 8 heteroatoms. The number of carbonyl (C=O) groups excluding carboxylic acids is 1. The van der Waals surface area contributed by atoms with E-state index in [2.05, 4.69) is 20.8 Å². The van der Waals surface area contributed by atoms with Crippen LogP contribution in [0, 0.1) is 6.92 Å². The molecule has 1 N–H and O–H groups in total. The summed E-state index contributed by atoms with van der Waals surface area (Å²) < 4.78 is 12.6. The van der Waals surface area contributed by atoms with Crippen molar-refractivity contribution in [3.63, 3.8) is 0 Å². The molecular formula is C19H19N5O3. The van der Waals surface area contributed by atoms with E-state index in [0.717, 1.165) is 28.3 Å². The van der Waals surface area contributed by atoms with Crippen molar-refractivity contribution in [3.8, 4) is 17.2 Å². The SMILES string of the molecule is COc1ccc2c(c1)[C@@H](NC(=O)c1ccc(-n3cnnn3)c(C)c1)CCO2. The van der Waals surface area contributed by atoms with E-state index in [-0.39, 0.29) is 11.9 Å². The van der Waals surface area contributed by atoms with Crippen LogP contribution >= 0.6 is 0 Å². The quantitative estimate of drug-likeness (QED) is 0.762. The summed E-state index contributed by atoms with van der Waals surface area (Å²) in [6.45, 7) is 2.48. The van der Waals surface area contributed by atoms with Crippen molar-refractivity contribution < 1.29 is 14.3 Å². The number of aromatic nitrogens is 4.